The maximum atomic E-state index is 9.04. The fourth-order valence-corrected chi connectivity index (χ4v) is 2.50. The average molecular weight is 200 g/mol. The molecule has 1 heterocycles. The monoisotopic (exact) mass is 200 g/mol. The smallest absolute Gasteiger partial charge is 0.0446 e. The first-order valence-corrected chi connectivity index (χ1v) is 5.70. The first-order valence-electron chi connectivity index (χ1n) is 5.70. The quantitative estimate of drug-likeness (QED) is 0.708. The van der Waals surface area contributed by atoms with Gasteiger partial charge in [0.1, 0.15) is 0 Å². The second-order valence-electron chi connectivity index (χ2n) is 4.72. The molecule has 0 aromatic rings. The molecule has 1 aliphatic rings. The highest BCUT2D eigenvalue weighted by molar-refractivity contribution is 4.90. The van der Waals surface area contributed by atoms with E-state index >= 15 is 0 Å². The van der Waals surface area contributed by atoms with E-state index in [1.54, 1.807) is 0 Å². The molecule has 1 aliphatic heterocycles. The Morgan fingerprint density at radius 3 is 2.79 bits per heavy atom. The highest BCUT2D eigenvalue weighted by Gasteiger charge is 2.32. The maximum Gasteiger partial charge on any atom is 0.0446 e. The molecule has 1 rings (SSSR count). The second kappa shape index (κ2) is 5.10. The summed E-state index contributed by atoms with van der Waals surface area (Å²) in [6, 6.07) is 0.488. The molecule has 1 saturated heterocycles. The molecular formula is C11H24N2O. The molecule has 0 spiro atoms. The van der Waals surface area contributed by atoms with Gasteiger partial charge in [0.25, 0.3) is 0 Å². The van der Waals surface area contributed by atoms with Gasteiger partial charge in [-0.05, 0) is 39.8 Å². The Balaban J connectivity index is 2.70. The molecule has 0 bridgehead atoms. The van der Waals surface area contributed by atoms with Crippen molar-refractivity contribution in [2.24, 2.45) is 0 Å². The molecule has 1 atom stereocenters. The van der Waals surface area contributed by atoms with Crippen LogP contribution in [0.2, 0.25) is 0 Å². The number of aliphatic hydroxyl groups is 1. The van der Waals surface area contributed by atoms with E-state index in [-0.39, 0.29) is 5.54 Å². The molecule has 0 aromatic heterocycles. The minimum absolute atomic E-state index is 0.262. The Hall–Kier alpha value is -0.120. The maximum absolute atomic E-state index is 9.04. The predicted octanol–water partition coefficient (Wildman–Crippen LogP) is 0.831. The van der Waals surface area contributed by atoms with Crippen molar-refractivity contribution >= 4 is 0 Å². The van der Waals surface area contributed by atoms with Gasteiger partial charge in [-0.1, -0.05) is 6.92 Å². The summed E-state index contributed by atoms with van der Waals surface area (Å²) in [4.78, 5) is 2.52. The highest BCUT2D eigenvalue weighted by Crippen LogP contribution is 2.24. The third-order valence-electron chi connectivity index (χ3n) is 3.31. The first-order chi connectivity index (χ1) is 6.61. The van der Waals surface area contributed by atoms with Crippen molar-refractivity contribution in [1.29, 1.82) is 0 Å². The Kier molecular flexibility index (Phi) is 4.35. The summed E-state index contributed by atoms with van der Waals surface area (Å²) < 4.78 is 0. The Labute approximate surface area is 87.5 Å². The third kappa shape index (κ3) is 2.69. The summed E-state index contributed by atoms with van der Waals surface area (Å²) in [6.07, 6.45) is 2.06. The number of hydrogen-bond donors (Lipinski definition) is 2. The van der Waals surface area contributed by atoms with Crippen LogP contribution in [0, 0.1) is 0 Å². The summed E-state index contributed by atoms with van der Waals surface area (Å²) in [5, 5.41) is 12.5. The number of nitrogens with zero attached hydrogens (tertiary/aromatic N) is 1. The van der Waals surface area contributed by atoms with Crippen LogP contribution in [-0.2, 0) is 0 Å². The van der Waals surface area contributed by atoms with Crippen molar-refractivity contribution in [2.75, 3.05) is 26.2 Å². The zero-order valence-electron chi connectivity index (χ0n) is 9.71. The number of rotatable bonds is 3. The van der Waals surface area contributed by atoms with Crippen molar-refractivity contribution in [1.82, 2.24) is 10.2 Å². The van der Waals surface area contributed by atoms with E-state index in [0.717, 1.165) is 26.1 Å². The van der Waals surface area contributed by atoms with Crippen molar-refractivity contribution in [3.8, 4) is 0 Å². The second-order valence-corrected chi connectivity index (χ2v) is 4.72. The number of hydrogen-bond acceptors (Lipinski definition) is 3. The molecule has 0 aromatic carbocycles. The van der Waals surface area contributed by atoms with Gasteiger partial charge in [0, 0.05) is 24.7 Å². The Morgan fingerprint density at radius 1 is 1.50 bits per heavy atom. The largest absolute Gasteiger partial charge is 0.396 e. The third-order valence-corrected chi connectivity index (χ3v) is 3.31. The molecule has 14 heavy (non-hydrogen) atoms. The molecule has 2 N–H and O–H groups in total. The van der Waals surface area contributed by atoms with E-state index in [4.69, 9.17) is 5.11 Å². The van der Waals surface area contributed by atoms with Crippen molar-refractivity contribution in [3.05, 3.63) is 0 Å². The van der Waals surface area contributed by atoms with Crippen LogP contribution in [0.4, 0.5) is 0 Å². The van der Waals surface area contributed by atoms with Crippen LogP contribution in [0.25, 0.3) is 0 Å². The lowest BCUT2D eigenvalue weighted by Gasteiger charge is -2.41. The topological polar surface area (TPSA) is 35.5 Å². The van der Waals surface area contributed by atoms with E-state index in [9.17, 15) is 0 Å². The molecule has 0 saturated carbocycles. The lowest BCUT2D eigenvalue weighted by Crippen LogP contribution is -2.50. The normalized spacial score (nSPS) is 28.7. The van der Waals surface area contributed by atoms with Gasteiger partial charge in [-0.3, -0.25) is 4.90 Å². The standard InChI is InChI=1S/C11H24N2O/c1-4-13-10(5-8-14)9-12-7-6-11(13,2)3/h10,12,14H,4-9H2,1-3H3. The highest BCUT2D eigenvalue weighted by atomic mass is 16.3. The van der Waals surface area contributed by atoms with Crippen LogP contribution >= 0.6 is 0 Å². The number of nitrogens with one attached hydrogen (secondary N) is 1. The van der Waals surface area contributed by atoms with E-state index in [0.29, 0.717) is 12.6 Å². The number of aliphatic hydroxyl groups excluding tert-OH is 1. The molecule has 84 valence electrons. The minimum atomic E-state index is 0.262. The van der Waals surface area contributed by atoms with E-state index in [1.165, 1.54) is 6.42 Å². The van der Waals surface area contributed by atoms with Crippen LogP contribution < -0.4 is 5.32 Å². The zero-order chi connectivity index (χ0) is 10.6. The van der Waals surface area contributed by atoms with Crippen LogP contribution in [0.1, 0.15) is 33.6 Å². The molecule has 0 radical (unpaired) electrons. The lowest BCUT2D eigenvalue weighted by atomic mass is 9.96. The van der Waals surface area contributed by atoms with Gasteiger partial charge < -0.3 is 10.4 Å². The summed E-state index contributed by atoms with van der Waals surface area (Å²) in [5.74, 6) is 0. The summed E-state index contributed by atoms with van der Waals surface area (Å²) in [7, 11) is 0. The molecule has 0 aliphatic carbocycles. The van der Waals surface area contributed by atoms with Gasteiger partial charge in [-0.2, -0.15) is 0 Å². The van der Waals surface area contributed by atoms with Gasteiger partial charge in [0.2, 0.25) is 0 Å². The Bertz CT molecular complexity index is 171. The average Bonchev–Trinajstić information content (AvgIpc) is 2.25. The SMILES string of the molecule is CCN1C(CCO)CNCCC1(C)C. The van der Waals surface area contributed by atoms with Crippen molar-refractivity contribution in [3.63, 3.8) is 0 Å². The fraction of sp³-hybridized carbons (Fsp3) is 1.00. The van der Waals surface area contributed by atoms with E-state index in [1.807, 2.05) is 0 Å². The molecular weight excluding hydrogens is 176 g/mol. The van der Waals surface area contributed by atoms with Gasteiger partial charge >= 0.3 is 0 Å². The molecule has 0 amide bonds. The molecule has 1 fully saturated rings. The fourth-order valence-electron chi connectivity index (χ4n) is 2.50. The van der Waals surface area contributed by atoms with Gasteiger partial charge in [0.05, 0.1) is 0 Å². The lowest BCUT2D eigenvalue weighted by molar-refractivity contribution is 0.0698. The predicted molar refractivity (Wildman–Crippen MR) is 59.4 cm³/mol. The van der Waals surface area contributed by atoms with Gasteiger partial charge in [-0.25, -0.2) is 0 Å². The molecule has 3 nitrogen and oxygen atoms in total. The summed E-state index contributed by atoms with van der Waals surface area (Å²) >= 11 is 0. The van der Waals surface area contributed by atoms with Gasteiger partial charge in [-0.15, -0.1) is 0 Å². The van der Waals surface area contributed by atoms with E-state index < -0.39 is 0 Å². The van der Waals surface area contributed by atoms with Crippen molar-refractivity contribution in [2.45, 2.75) is 45.2 Å². The molecule has 3 heteroatoms. The Morgan fingerprint density at radius 2 is 2.21 bits per heavy atom. The minimum Gasteiger partial charge on any atom is -0.396 e. The van der Waals surface area contributed by atoms with Crippen LogP contribution in [0.3, 0.4) is 0 Å². The summed E-state index contributed by atoms with van der Waals surface area (Å²) in [5.41, 5.74) is 0.262. The zero-order valence-corrected chi connectivity index (χ0v) is 9.71. The summed E-state index contributed by atoms with van der Waals surface area (Å²) in [6.45, 7) is 10.3. The van der Waals surface area contributed by atoms with Crippen LogP contribution in [0.5, 0.6) is 0 Å². The van der Waals surface area contributed by atoms with Crippen LogP contribution in [-0.4, -0.2) is 47.8 Å². The number of likely N-dealkylation sites (N-methyl/N-ethyl adjacent to an activating group) is 1. The molecule has 1 unspecified atom stereocenters. The van der Waals surface area contributed by atoms with E-state index in [2.05, 4.69) is 31.0 Å². The van der Waals surface area contributed by atoms with Crippen molar-refractivity contribution < 1.29 is 5.11 Å². The first kappa shape index (κ1) is 12.0. The van der Waals surface area contributed by atoms with Gasteiger partial charge in [0.15, 0.2) is 0 Å². The van der Waals surface area contributed by atoms with Crippen LogP contribution in [0.15, 0.2) is 0 Å².